The minimum atomic E-state index is -1.22. The summed E-state index contributed by atoms with van der Waals surface area (Å²) in [7, 11) is 0. The van der Waals surface area contributed by atoms with Crippen LogP contribution >= 0.6 is 0 Å². The number of esters is 1. The van der Waals surface area contributed by atoms with Crippen LogP contribution in [-0.2, 0) is 19.1 Å². The Hall–Kier alpha value is -7.86. The van der Waals surface area contributed by atoms with Gasteiger partial charge in [-0.2, -0.15) is 10.2 Å². The van der Waals surface area contributed by atoms with E-state index < -0.39 is 29.3 Å². The molecule has 1 unspecified atom stereocenters. The number of benzene rings is 1. The SMILES string of the molecule is N#COC(=O)c1cc2c(-c3ccc(N4CCC(c5ncccn5)CC4)nc3)nc(-c3cnn(C4CCN(C(=O)CC5(O)CCN(c6ccc(NC7CCC(=O)NC7=O)cc6F)CC5)CC4)c3)cn2n1. The Morgan fingerprint density at radius 2 is 1.70 bits per heavy atom. The van der Waals surface area contributed by atoms with Crippen LogP contribution in [0, 0.1) is 17.3 Å². The van der Waals surface area contributed by atoms with Gasteiger partial charge >= 0.3 is 5.97 Å². The summed E-state index contributed by atoms with van der Waals surface area (Å²) in [5.41, 5.74) is 2.49. The van der Waals surface area contributed by atoms with Crippen molar-refractivity contribution in [1.82, 2.24) is 49.5 Å². The molecule has 354 valence electrons. The molecule has 69 heavy (non-hydrogen) atoms. The molecule has 9 heterocycles. The first kappa shape index (κ1) is 44.9. The van der Waals surface area contributed by atoms with Crippen LogP contribution < -0.4 is 20.4 Å². The van der Waals surface area contributed by atoms with Crippen molar-refractivity contribution in [2.24, 2.45) is 0 Å². The molecule has 3 amide bonds. The van der Waals surface area contributed by atoms with Gasteiger partial charge in [-0.3, -0.25) is 24.4 Å². The number of ether oxygens (including phenoxy) is 1. The molecule has 20 nitrogen and oxygen atoms in total. The first-order valence-corrected chi connectivity index (χ1v) is 23.2. The van der Waals surface area contributed by atoms with Gasteiger partial charge in [-0.25, -0.2) is 33.6 Å². The maximum Gasteiger partial charge on any atom is 0.374 e. The van der Waals surface area contributed by atoms with Gasteiger partial charge in [-0.1, -0.05) is 0 Å². The third kappa shape index (κ3) is 9.65. The van der Waals surface area contributed by atoms with E-state index >= 15 is 4.39 Å². The van der Waals surface area contributed by atoms with E-state index in [9.17, 15) is 24.3 Å². The third-order valence-electron chi connectivity index (χ3n) is 13.7. The average Bonchev–Trinajstić information content (AvgIpc) is 4.05. The summed E-state index contributed by atoms with van der Waals surface area (Å²) in [4.78, 5) is 74.5. The van der Waals surface area contributed by atoms with Crippen LogP contribution in [0.1, 0.15) is 86.1 Å². The van der Waals surface area contributed by atoms with Gasteiger partial charge in [0.15, 0.2) is 5.69 Å². The van der Waals surface area contributed by atoms with Crippen molar-refractivity contribution in [3.63, 3.8) is 0 Å². The first-order valence-electron chi connectivity index (χ1n) is 23.2. The lowest BCUT2D eigenvalue weighted by molar-refractivity contribution is -0.139. The molecule has 4 aliphatic rings. The fraction of sp³-hybridized carbons (Fsp3) is 0.396. The fourth-order valence-corrected chi connectivity index (χ4v) is 9.81. The molecule has 4 fully saturated rings. The number of anilines is 3. The van der Waals surface area contributed by atoms with E-state index in [2.05, 4.69) is 35.3 Å². The molecular weight excluding hydrogens is 888 g/mol. The molecule has 21 heteroatoms. The molecule has 4 saturated heterocycles. The number of carbonyl (C=O) groups is 4. The number of rotatable bonds is 11. The molecule has 1 aromatic carbocycles. The Morgan fingerprint density at radius 1 is 0.913 bits per heavy atom. The molecule has 5 aromatic heterocycles. The third-order valence-corrected chi connectivity index (χ3v) is 13.7. The number of carbonyl (C=O) groups excluding carboxylic acids is 4. The molecule has 6 aromatic rings. The monoisotopic (exact) mass is 936 g/mol. The number of amides is 3. The average molecular weight is 937 g/mol. The van der Waals surface area contributed by atoms with Crippen molar-refractivity contribution in [3.05, 3.63) is 97.0 Å². The summed E-state index contributed by atoms with van der Waals surface area (Å²) in [5, 5.41) is 35.0. The number of aromatic nitrogens is 8. The highest BCUT2D eigenvalue weighted by Crippen LogP contribution is 2.35. The summed E-state index contributed by atoms with van der Waals surface area (Å²) >= 11 is 0. The normalized spacial score (nSPS) is 19.0. The predicted molar refractivity (Wildman–Crippen MR) is 247 cm³/mol. The number of nitrogens with one attached hydrogen (secondary N) is 2. The molecule has 0 radical (unpaired) electrons. The van der Waals surface area contributed by atoms with Gasteiger partial charge in [0.2, 0.25) is 17.7 Å². The van der Waals surface area contributed by atoms with E-state index in [-0.39, 0.29) is 36.4 Å². The minimum Gasteiger partial charge on any atom is -0.389 e. The van der Waals surface area contributed by atoms with Crippen molar-refractivity contribution < 1.29 is 33.4 Å². The zero-order valence-corrected chi connectivity index (χ0v) is 37.6. The van der Waals surface area contributed by atoms with E-state index in [1.165, 1.54) is 22.9 Å². The number of aliphatic hydroxyl groups is 1. The Morgan fingerprint density at radius 3 is 2.41 bits per heavy atom. The summed E-state index contributed by atoms with van der Waals surface area (Å²) in [6.45, 7) is 3.30. The van der Waals surface area contributed by atoms with E-state index in [0.29, 0.717) is 104 Å². The van der Waals surface area contributed by atoms with Crippen LogP contribution in [0.15, 0.2) is 79.6 Å². The second-order valence-electron chi connectivity index (χ2n) is 18.1. The molecule has 10 rings (SSSR count). The maximum absolute atomic E-state index is 15.3. The highest BCUT2D eigenvalue weighted by atomic mass is 19.1. The quantitative estimate of drug-likeness (QED) is 0.0926. The van der Waals surface area contributed by atoms with Crippen LogP contribution in [0.4, 0.5) is 21.6 Å². The van der Waals surface area contributed by atoms with Crippen molar-refractivity contribution in [2.45, 2.75) is 81.4 Å². The molecule has 0 spiro atoms. The van der Waals surface area contributed by atoms with Crippen LogP contribution in [0.2, 0.25) is 0 Å². The van der Waals surface area contributed by atoms with Gasteiger partial charge in [0, 0.05) is 99.3 Å². The molecule has 3 N–H and O–H groups in total. The molecule has 0 saturated carbocycles. The standard InChI is InChI=1S/C48H49FN14O6/c49-35-22-33(55-36-4-7-42(64)57-46(36)66)3-5-39(35)59-20-12-48(68,13-21-59)24-43(65)61-18-10-34(11-19-61)62-27-32(26-54-62)38-28-63-40(23-37(58-63)47(67)69-29-50)44(56-38)31-2-6-41(53-25-31)60-16-8-30(9-17-60)45-51-14-1-15-52-45/h1-3,5-6,14-15,22-23,25-28,30,34,36,55,68H,4,7-13,16-21,24H2,(H,57,64,66). The van der Waals surface area contributed by atoms with Gasteiger partial charge in [-0.05, 0) is 81.3 Å². The molecule has 0 aliphatic carbocycles. The largest absolute Gasteiger partial charge is 0.389 e. The first-order chi connectivity index (χ1) is 33.5. The number of hydrogen-bond acceptors (Lipinski definition) is 16. The van der Waals surface area contributed by atoms with Crippen molar-refractivity contribution >= 4 is 46.4 Å². The predicted octanol–water partition coefficient (Wildman–Crippen LogP) is 4.41. The van der Waals surface area contributed by atoms with Crippen molar-refractivity contribution in [1.29, 1.82) is 5.26 Å². The van der Waals surface area contributed by atoms with E-state index in [4.69, 9.17) is 20.3 Å². The zero-order chi connectivity index (χ0) is 47.6. The Kier molecular flexibility index (Phi) is 12.4. The van der Waals surface area contributed by atoms with Gasteiger partial charge < -0.3 is 29.9 Å². The second kappa shape index (κ2) is 19.0. The summed E-state index contributed by atoms with van der Waals surface area (Å²) in [5.74, 6) is -0.263. The number of pyridine rings is 1. The van der Waals surface area contributed by atoms with Gasteiger partial charge in [0.05, 0.1) is 53.0 Å². The fourth-order valence-electron chi connectivity index (χ4n) is 9.81. The topological polar surface area (TPSA) is 242 Å². The minimum absolute atomic E-state index is 0.00285. The number of fused-ring (bicyclic) bond motifs is 1. The molecule has 0 bridgehead atoms. The number of nitriles is 1. The number of imide groups is 1. The number of hydrogen-bond donors (Lipinski definition) is 3. The van der Waals surface area contributed by atoms with E-state index in [1.807, 2.05) is 34.0 Å². The van der Waals surface area contributed by atoms with Gasteiger partial charge in [0.25, 0.3) is 6.26 Å². The van der Waals surface area contributed by atoms with Crippen LogP contribution in [0.5, 0.6) is 0 Å². The highest BCUT2D eigenvalue weighted by Gasteiger charge is 2.38. The summed E-state index contributed by atoms with van der Waals surface area (Å²) in [6.07, 6.45) is 16.2. The smallest absolute Gasteiger partial charge is 0.374 e. The van der Waals surface area contributed by atoms with Crippen molar-refractivity contribution in [2.75, 3.05) is 54.4 Å². The van der Waals surface area contributed by atoms with Crippen LogP contribution in [0.3, 0.4) is 0 Å². The number of likely N-dealkylation sites (tertiary alicyclic amines) is 1. The van der Waals surface area contributed by atoms with Crippen LogP contribution in [0.25, 0.3) is 28.0 Å². The molecule has 4 aliphatic heterocycles. The van der Waals surface area contributed by atoms with E-state index in [0.717, 1.165) is 37.6 Å². The number of nitrogens with zero attached hydrogens (tertiary/aromatic N) is 12. The zero-order valence-electron chi connectivity index (χ0n) is 37.6. The lowest BCUT2D eigenvalue weighted by atomic mass is 9.87. The highest BCUT2D eigenvalue weighted by molar-refractivity contribution is 6.01. The lowest BCUT2D eigenvalue weighted by Gasteiger charge is -2.40. The molecule has 1 atom stereocenters. The van der Waals surface area contributed by atoms with E-state index in [1.54, 1.807) is 48.0 Å². The maximum atomic E-state index is 15.3. The van der Waals surface area contributed by atoms with Crippen molar-refractivity contribution in [3.8, 4) is 28.8 Å². The Bertz CT molecular complexity index is 2930. The number of piperidine rings is 4. The second-order valence-corrected chi connectivity index (χ2v) is 18.1. The lowest BCUT2D eigenvalue weighted by Crippen LogP contribution is -2.49. The van der Waals surface area contributed by atoms with Gasteiger partial charge in [0.1, 0.15) is 23.5 Å². The summed E-state index contributed by atoms with van der Waals surface area (Å²) in [6, 6.07) is 11.3. The van der Waals surface area contributed by atoms with Crippen LogP contribution in [-0.4, -0.2) is 124 Å². The Balaban J connectivity index is 0.762. The Labute approximate surface area is 395 Å². The number of halogens is 1. The summed E-state index contributed by atoms with van der Waals surface area (Å²) < 4.78 is 23.3. The van der Waals surface area contributed by atoms with Gasteiger partial charge in [-0.15, -0.1) is 5.26 Å². The molecular formula is C48H49FN14O6.